The Morgan fingerprint density at radius 3 is 2.80 bits per heavy atom. The molecule has 6 heteroatoms. The van der Waals surface area contributed by atoms with Crippen LogP contribution in [0.15, 0.2) is 22.7 Å². The van der Waals surface area contributed by atoms with Crippen LogP contribution in [0, 0.1) is 6.92 Å². The van der Waals surface area contributed by atoms with Crippen molar-refractivity contribution in [3.8, 4) is 0 Å². The molecule has 6 nitrogen and oxygen atoms in total. The molecule has 0 aliphatic carbocycles. The van der Waals surface area contributed by atoms with E-state index in [-0.39, 0.29) is 6.54 Å². The van der Waals surface area contributed by atoms with E-state index in [0.29, 0.717) is 29.4 Å². The average molecular weight is 271 g/mol. The van der Waals surface area contributed by atoms with Crippen molar-refractivity contribution in [2.24, 2.45) is 0 Å². The van der Waals surface area contributed by atoms with E-state index < -0.39 is 11.7 Å². The number of ketones is 1. The molecule has 0 radical (unpaired) electrons. The molecule has 20 heavy (non-hydrogen) atoms. The van der Waals surface area contributed by atoms with Crippen LogP contribution in [0.1, 0.15) is 34.6 Å². The van der Waals surface area contributed by atoms with Gasteiger partial charge in [0.1, 0.15) is 0 Å². The highest BCUT2D eigenvalue weighted by molar-refractivity contribution is 6.52. The van der Waals surface area contributed by atoms with Gasteiger partial charge in [0.2, 0.25) is 5.89 Å². The monoisotopic (exact) mass is 271 g/mol. The van der Waals surface area contributed by atoms with Gasteiger partial charge in [-0.3, -0.25) is 14.5 Å². The van der Waals surface area contributed by atoms with Crippen LogP contribution in [-0.2, 0) is 17.8 Å². The lowest BCUT2D eigenvalue weighted by Gasteiger charge is -2.16. The minimum Gasteiger partial charge on any atom is -0.339 e. The Bertz CT molecular complexity index is 705. The Morgan fingerprint density at radius 1 is 1.30 bits per heavy atom. The van der Waals surface area contributed by atoms with Crippen molar-refractivity contribution in [2.45, 2.75) is 26.8 Å². The highest BCUT2D eigenvalue weighted by atomic mass is 16.5. The fourth-order valence-electron chi connectivity index (χ4n) is 2.33. The number of aryl methyl sites for hydroxylation is 2. The molecule has 0 unspecified atom stereocenters. The maximum Gasteiger partial charge on any atom is 0.299 e. The Labute approximate surface area is 115 Å². The quantitative estimate of drug-likeness (QED) is 0.794. The number of para-hydroxylation sites is 1. The molecule has 0 spiro atoms. The van der Waals surface area contributed by atoms with Crippen LogP contribution in [-0.4, -0.2) is 21.8 Å². The van der Waals surface area contributed by atoms with E-state index in [0.717, 1.165) is 5.56 Å². The molecule has 1 aliphatic rings. The van der Waals surface area contributed by atoms with E-state index in [2.05, 4.69) is 10.1 Å². The van der Waals surface area contributed by atoms with Crippen LogP contribution in [0.4, 0.5) is 5.69 Å². The first kappa shape index (κ1) is 12.5. The average Bonchev–Trinajstić information content (AvgIpc) is 2.99. The molecule has 0 fully saturated rings. The second-order valence-electron chi connectivity index (χ2n) is 4.65. The number of rotatable bonds is 3. The minimum atomic E-state index is -0.544. The molecule has 0 saturated heterocycles. The lowest BCUT2D eigenvalue weighted by molar-refractivity contribution is -0.114. The zero-order valence-corrected chi connectivity index (χ0v) is 11.2. The van der Waals surface area contributed by atoms with E-state index in [1.807, 2.05) is 19.9 Å². The standard InChI is InChI=1S/C14H13N3O3/c1-3-11-15-10(16-20-11)7-17-12-8(2)5-4-6-9(12)13(18)14(17)19/h4-6H,3,7H2,1-2H3. The van der Waals surface area contributed by atoms with Crippen LogP contribution < -0.4 is 4.90 Å². The number of amides is 1. The number of anilines is 1. The van der Waals surface area contributed by atoms with Crippen molar-refractivity contribution in [3.63, 3.8) is 0 Å². The summed E-state index contributed by atoms with van der Waals surface area (Å²) in [6.45, 7) is 3.92. The molecule has 1 aromatic heterocycles. The summed E-state index contributed by atoms with van der Waals surface area (Å²) >= 11 is 0. The molecule has 0 atom stereocenters. The third kappa shape index (κ3) is 1.80. The normalized spacial score (nSPS) is 14.0. The van der Waals surface area contributed by atoms with Gasteiger partial charge in [-0.1, -0.05) is 24.2 Å². The van der Waals surface area contributed by atoms with Crippen molar-refractivity contribution >= 4 is 17.4 Å². The fraction of sp³-hybridized carbons (Fsp3) is 0.286. The van der Waals surface area contributed by atoms with E-state index in [1.165, 1.54) is 4.90 Å². The summed E-state index contributed by atoms with van der Waals surface area (Å²) in [6, 6.07) is 5.30. The summed E-state index contributed by atoms with van der Waals surface area (Å²) in [5.74, 6) is -0.109. The number of hydrogen-bond acceptors (Lipinski definition) is 5. The molecule has 0 N–H and O–H groups in total. The first-order chi connectivity index (χ1) is 9.61. The number of Topliss-reactive ketones (excluding diaryl/α,β-unsaturated/α-hetero) is 1. The third-order valence-corrected chi connectivity index (χ3v) is 3.30. The van der Waals surface area contributed by atoms with Crippen molar-refractivity contribution in [3.05, 3.63) is 41.0 Å². The van der Waals surface area contributed by atoms with Crippen LogP contribution in [0.25, 0.3) is 0 Å². The van der Waals surface area contributed by atoms with Gasteiger partial charge >= 0.3 is 0 Å². The van der Waals surface area contributed by atoms with Gasteiger partial charge in [0.15, 0.2) is 5.82 Å². The summed E-state index contributed by atoms with van der Waals surface area (Å²) < 4.78 is 5.02. The molecule has 1 aromatic carbocycles. The van der Waals surface area contributed by atoms with E-state index in [4.69, 9.17) is 4.52 Å². The summed E-state index contributed by atoms with van der Waals surface area (Å²) in [4.78, 5) is 29.6. The second-order valence-corrected chi connectivity index (χ2v) is 4.65. The first-order valence-corrected chi connectivity index (χ1v) is 6.39. The van der Waals surface area contributed by atoms with Gasteiger partial charge in [0, 0.05) is 6.42 Å². The lowest BCUT2D eigenvalue weighted by atomic mass is 10.1. The number of carbonyl (C=O) groups is 2. The summed E-state index contributed by atoms with van der Waals surface area (Å²) in [5, 5.41) is 3.82. The van der Waals surface area contributed by atoms with Crippen molar-refractivity contribution in [2.75, 3.05) is 4.90 Å². The Morgan fingerprint density at radius 2 is 2.10 bits per heavy atom. The Kier molecular flexibility index (Phi) is 2.85. The summed E-state index contributed by atoms with van der Waals surface area (Å²) in [5.41, 5.74) is 1.96. The summed E-state index contributed by atoms with van der Waals surface area (Å²) in [6.07, 6.45) is 0.634. The number of fused-ring (bicyclic) bond motifs is 1. The molecule has 0 saturated carbocycles. The van der Waals surface area contributed by atoms with E-state index in [9.17, 15) is 9.59 Å². The molecule has 1 amide bonds. The van der Waals surface area contributed by atoms with Gasteiger partial charge in [-0.25, -0.2) is 0 Å². The second kappa shape index (κ2) is 4.56. The zero-order valence-electron chi connectivity index (χ0n) is 11.2. The fourth-order valence-corrected chi connectivity index (χ4v) is 2.33. The van der Waals surface area contributed by atoms with Crippen molar-refractivity contribution < 1.29 is 14.1 Å². The number of benzene rings is 1. The van der Waals surface area contributed by atoms with Gasteiger partial charge in [-0.15, -0.1) is 0 Å². The van der Waals surface area contributed by atoms with E-state index >= 15 is 0 Å². The van der Waals surface area contributed by atoms with Crippen LogP contribution in [0.5, 0.6) is 0 Å². The number of aromatic nitrogens is 2. The van der Waals surface area contributed by atoms with Crippen molar-refractivity contribution in [1.82, 2.24) is 10.1 Å². The van der Waals surface area contributed by atoms with Crippen LogP contribution in [0.3, 0.4) is 0 Å². The third-order valence-electron chi connectivity index (χ3n) is 3.30. The molecular weight excluding hydrogens is 258 g/mol. The van der Waals surface area contributed by atoms with Gasteiger partial charge in [-0.05, 0) is 18.6 Å². The molecule has 2 aromatic rings. The molecule has 0 bridgehead atoms. The van der Waals surface area contributed by atoms with Gasteiger partial charge in [0.05, 0.1) is 17.8 Å². The Hall–Kier alpha value is -2.50. The van der Waals surface area contributed by atoms with Gasteiger partial charge in [-0.2, -0.15) is 4.98 Å². The number of carbonyl (C=O) groups excluding carboxylic acids is 2. The zero-order chi connectivity index (χ0) is 14.3. The minimum absolute atomic E-state index is 0.145. The maximum absolute atomic E-state index is 12.1. The lowest BCUT2D eigenvalue weighted by Crippen LogP contribution is -2.30. The van der Waals surface area contributed by atoms with E-state index in [1.54, 1.807) is 12.1 Å². The molecule has 2 heterocycles. The van der Waals surface area contributed by atoms with Crippen molar-refractivity contribution in [1.29, 1.82) is 0 Å². The largest absolute Gasteiger partial charge is 0.339 e. The topological polar surface area (TPSA) is 76.3 Å². The predicted molar refractivity (Wildman–Crippen MR) is 70.4 cm³/mol. The maximum atomic E-state index is 12.1. The van der Waals surface area contributed by atoms with Gasteiger partial charge < -0.3 is 4.52 Å². The smallest absolute Gasteiger partial charge is 0.299 e. The molecule has 3 rings (SSSR count). The van der Waals surface area contributed by atoms with Crippen LogP contribution in [0.2, 0.25) is 0 Å². The predicted octanol–water partition coefficient (Wildman–Crippen LogP) is 1.67. The highest BCUT2D eigenvalue weighted by Crippen LogP contribution is 2.32. The first-order valence-electron chi connectivity index (χ1n) is 6.39. The molecular formula is C14H13N3O3. The highest BCUT2D eigenvalue weighted by Gasteiger charge is 2.37. The molecule has 1 aliphatic heterocycles. The molecule has 102 valence electrons. The van der Waals surface area contributed by atoms with Crippen LogP contribution >= 0.6 is 0 Å². The van der Waals surface area contributed by atoms with Gasteiger partial charge in [0.25, 0.3) is 11.7 Å². The summed E-state index contributed by atoms with van der Waals surface area (Å²) in [7, 11) is 0. The number of hydrogen-bond donors (Lipinski definition) is 0. The SMILES string of the molecule is CCc1nc(CN2C(=O)C(=O)c3cccc(C)c32)no1. The number of nitrogens with zero attached hydrogens (tertiary/aromatic N) is 3. The Balaban J connectivity index is 1.98.